The lowest BCUT2D eigenvalue weighted by atomic mass is 9.98. The highest BCUT2D eigenvalue weighted by atomic mass is 16.5. The molecule has 0 unspecified atom stereocenters. The Kier molecular flexibility index (Phi) is 14.0. The van der Waals surface area contributed by atoms with E-state index in [1.807, 2.05) is 79.7 Å². The van der Waals surface area contributed by atoms with Crippen molar-refractivity contribution >= 4 is 18.1 Å². The first-order valence-corrected chi connectivity index (χ1v) is 17.6. The zero-order chi connectivity index (χ0) is 35.8. The quantitative estimate of drug-likeness (QED) is 0.0820. The van der Waals surface area contributed by atoms with Gasteiger partial charge in [-0.2, -0.15) is 0 Å². The monoisotopic (exact) mass is 692 g/mol. The molecule has 4 aromatic carbocycles. The number of unbranched alkanes of at least 4 members (excludes halogenated alkanes) is 1. The highest BCUT2D eigenvalue weighted by molar-refractivity contribution is 5.86. The van der Waals surface area contributed by atoms with E-state index in [0.717, 1.165) is 60.3 Å². The average Bonchev–Trinajstić information content (AvgIpc) is 3.46. The summed E-state index contributed by atoms with van der Waals surface area (Å²) in [7, 11) is 0. The first-order valence-electron chi connectivity index (χ1n) is 17.6. The minimum atomic E-state index is -1.02. The molecular formula is C41H48N4O6. The summed E-state index contributed by atoms with van der Waals surface area (Å²) in [6.45, 7) is 4.98. The average molecular weight is 693 g/mol. The van der Waals surface area contributed by atoms with Gasteiger partial charge in [0.05, 0.1) is 13.2 Å². The van der Waals surface area contributed by atoms with Crippen LogP contribution in [-0.2, 0) is 27.4 Å². The third-order valence-electron chi connectivity index (χ3n) is 9.05. The van der Waals surface area contributed by atoms with E-state index in [1.165, 1.54) is 5.56 Å². The van der Waals surface area contributed by atoms with Crippen LogP contribution in [0.1, 0.15) is 54.4 Å². The van der Waals surface area contributed by atoms with Gasteiger partial charge in [-0.25, -0.2) is 9.59 Å². The van der Waals surface area contributed by atoms with Crippen LogP contribution in [0.3, 0.4) is 0 Å². The van der Waals surface area contributed by atoms with Crippen molar-refractivity contribution in [1.82, 2.24) is 20.9 Å². The van der Waals surface area contributed by atoms with Crippen LogP contribution in [0, 0.1) is 0 Å². The van der Waals surface area contributed by atoms with Gasteiger partial charge in [0.25, 0.3) is 0 Å². The van der Waals surface area contributed by atoms with Crippen LogP contribution in [-0.4, -0.2) is 73.0 Å². The number of hydrogen-bond acceptors (Lipinski definition) is 6. The summed E-state index contributed by atoms with van der Waals surface area (Å²) in [6.07, 6.45) is 0.529. The van der Waals surface area contributed by atoms with E-state index in [-0.39, 0.29) is 31.1 Å². The van der Waals surface area contributed by atoms with E-state index in [4.69, 9.17) is 14.6 Å². The zero-order valence-electron chi connectivity index (χ0n) is 29.1. The second-order valence-electron chi connectivity index (χ2n) is 12.9. The normalized spacial score (nSPS) is 13.1. The zero-order valence-corrected chi connectivity index (χ0v) is 29.1. The van der Waals surface area contributed by atoms with Crippen molar-refractivity contribution in [1.29, 1.82) is 0 Å². The number of hydrogen-bond donors (Lipinski definition) is 4. The highest BCUT2D eigenvalue weighted by Crippen LogP contribution is 2.44. The third-order valence-corrected chi connectivity index (χ3v) is 9.05. The predicted molar refractivity (Wildman–Crippen MR) is 197 cm³/mol. The number of carbonyl (C=O) groups excluding carboxylic acids is 2. The number of nitrogens with one attached hydrogen (secondary N) is 3. The van der Waals surface area contributed by atoms with Gasteiger partial charge in [-0.1, -0.05) is 109 Å². The molecule has 10 nitrogen and oxygen atoms in total. The predicted octanol–water partition coefficient (Wildman–Crippen LogP) is 6.56. The molecule has 0 saturated carbocycles. The Labute approximate surface area is 300 Å². The van der Waals surface area contributed by atoms with Gasteiger partial charge in [0.2, 0.25) is 5.91 Å². The van der Waals surface area contributed by atoms with Crippen molar-refractivity contribution in [3.8, 4) is 11.1 Å². The molecule has 0 aromatic heterocycles. The van der Waals surface area contributed by atoms with Crippen LogP contribution in [0.4, 0.5) is 9.59 Å². The molecule has 3 amide bonds. The van der Waals surface area contributed by atoms with Gasteiger partial charge in [-0.3, -0.25) is 9.69 Å². The molecule has 0 spiro atoms. The van der Waals surface area contributed by atoms with E-state index >= 15 is 0 Å². The fraction of sp³-hybridized carbons (Fsp3) is 0.341. The lowest BCUT2D eigenvalue weighted by Crippen LogP contribution is -2.50. The summed E-state index contributed by atoms with van der Waals surface area (Å²) < 4.78 is 11.6. The highest BCUT2D eigenvalue weighted by Gasteiger charge is 2.30. The maximum Gasteiger partial charge on any atom is 0.407 e. The van der Waals surface area contributed by atoms with E-state index in [9.17, 15) is 14.4 Å². The molecular weight excluding hydrogens is 644 g/mol. The number of nitrogens with zero attached hydrogens (tertiary/aromatic N) is 1. The first-order chi connectivity index (χ1) is 24.9. The number of carboxylic acid groups (broad SMARTS) is 1. The van der Waals surface area contributed by atoms with Gasteiger partial charge in [-0.15, -0.1) is 0 Å². The molecule has 4 aromatic rings. The molecule has 0 bridgehead atoms. The minimum Gasteiger partial charge on any atom is -0.465 e. The van der Waals surface area contributed by atoms with E-state index < -0.39 is 18.2 Å². The molecule has 2 atom stereocenters. The summed E-state index contributed by atoms with van der Waals surface area (Å²) in [5, 5.41) is 17.3. The van der Waals surface area contributed by atoms with Gasteiger partial charge in [0, 0.05) is 31.6 Å². The van der Waals surface area contributed by atoms with Gasteiger partial charge in [-0.05, 0) is 66.1 Å². The fourth-order valence-corrected chi connectivity index (χ4v) is 6.40. The molecule has 0 radical (unpaired) electrons. The lowest BCUT2D eigenvalue weighted by Gasteiger charge is -2.24. The largest absolute Gasteiger partial charge is 0.465 e. The van der Waals surface area contributed by atoms with Crippen molar-refractivity contribution in [2.24, 2.45) is 0 Å². The molecule has 5 rings (SSSR count). The first kappa shape index (κ1) is 37.1. The van der Waals surface area contributed by atoms with Crippen molar-refractivity contribution in [2.45, 2.75) is 57.3 Å². The van der Waals surface area contributed by atoms with Gasteiger partial charge < -0.3 is 30.5 Å². The van der Waals surface area contributed by atoms with Gasteiger partial charge in [0.1, 0.15) is 12.6 Å². The third kappa shape index (κ3) is 11.4. The minimum absolute atomic E-state index is 0.0155. The summed E-state index contributed by atoms with van der Waals surface area (Å²) in [4.78, 5) is 39.9. The molecule has 10 heteroatoms. The molecule has 0 aliphatic heterocycles. The Morgan fingerprint density at radius 1 is 0.765 bits per heavy atom. The molecule has 4 N–H and O–H groups in total. The van der Waals surface area contributed by atoms with Crippen LogP contribution in [0.25, 0.3) is 11.1 Å². The Bertz CT molecular complexity index is 1660. The van der Waals surface area contributed by atoms with Crippen LogP contribution < -0.4 is 16.0 Å². The maximum absolute atomic E-state index is 13.4. The summed E-state index contributed by atoms with van der Waals surface area (Å²) in [5.41, 5.74) is 6.65. The summed E-state index contributed by atoms with van der Waals surface area (Å²) >= 11 is 0. The maximum atomic E-state index is 13.4. The Morgan fingerprint density at radius 3 is 2.02 bits per heavy atom. The Hall–Kier alpha value is -5.19. The molecule has 0 saturated heterocycles. The van der Waals surface area contributed by atoms with Crippen molar-refractivity contribution in [2.75, 3.05) is 32.8 Å². The Balaban J connectivity index is 1.13. The van der Waals surface area contributed by atoms with Crippen molar-refractivity contribution in [3.63, 3.8) is 0 Å². The number of alkyl carbamates (subject to hydrolysis) is 1. The molecule has 1 aliphatic carbocycles. The van der Waals surface area contributed by atoms with Crippen molar-refractivity contribution in [3.05, 3.63) is 131 Å². The number of carbonyl (C=O) groups is 3. The molecule has 0 heterocycles. The van der Waals surface area contributed by atoms with Crippen LogP contribution >= 0.6 is 0 Å². The van der Waals surface area contributed by atoms with Crippen LogP contribution in [0.2, 0.25) is 0 Å². The number of amides is 3. The molecule has 51 heavy (non-hydrogen) atoms. The topological polar surface area (TPSA) is 129 Å². The number of rotatable bonds is 19. The Morgan fingerprint density at radius 2 is 1.37 bits per heavy atom. The van der Waals surface area contributed by atoms with Gasteiger partial charge in [0.15, 0.2) is 0 Å². The lowest BCUT2D eigenvalue weighted by molar-refractivity contribution is -0.124. The second kappa shape index (κ2) is 19.3. The standard InChI is InChI=1S/C41H48N4O6/c1-30(43-40(47)48)22-25-45(26-31-14-4-2-5-15-31)24-13-12-23-42-39(46)38(29-50-27-32-16-6-3-7-17-32)44-41(49)51-28-37-35-20-10-8-18-33(35)34-19-9-11-21-36(34)37/h2-11,14-21,30,37-38,43H,12-13,22-29H2,1H3,(H,42,46)(H,44,49)(H,47,48)/t30-,38+/m1/s1. The summed E-state index contributed by atoms with van der Waals surface area (Å²) in [5.74, 6) is -0.436. The van der Waals surface area contributed by atoms with E-state index in [1.54, 1.807) is 0 Å². The number of fused-ring (bicyclic) bond motifs is 3. The number of benzene rings is 4. The second-order valence-corrected chi connectivity index (χ2v) is 12.9. The van der Waals surface area contributed by atoms with Crippen molar-refractivity contribution < 1.29 is 29.0 Å². The molecule has 268 valence electrons. The fourth-order valence-electron chi connectivity index (χ4n) is 6.40. The van der Waals surface area contributed by atoms with Gasteiger partial charge >= 0.3 is 12.2 Å². The number of ether oxygens (including phenoxy) is 2. The molecule has 1 aliphatic rings. The summed E-state index contributed by atoms with van der Waals surface area (Å²) in [6, 6.07) is 35.0. The molecule has 0 fully saturated rings. The van der Waals surface area contributed by atoms with Crippen LogP contribution in [0.5, 0.6) is 0 Å². The van der Waals surface area contributed by atoms with E-state index in [0.29, 0.717) is 19.6 Å². The SMILES string of the molecule is C[C@H](CCN(CCCCNC(=O)[C@H](COCc1ccccc1)NC(=O)OCC1c2ccccc2-c2ccccc21)Cc1ccccc1)NC(=O)O. The smallest absolute Gasteiger partial charge is 0.407 e. The van der Waals surface area contributed by atoms with Crippen LogP contribution in [0.15, 0.2) is 109 Å². The van der Waals surface area contributed by atoms with E-state index in [2.05, 4.69) is 57.2 Å².